The van der Waals surface area contributed by atoms with Crippen molar-refractivity contribution in [3.63, 3.8) is 0 Å². The van der Waals surface area contributed by atoms with Crippen LogP contribution in [0.3, 0.4) is 0 Å². The minimum atomic E-state index is -4.78. The summed E-state index contributed by atoms with van der Waals surface area (Å²) in [4.78, 5) is 32.3. The third-order valence-electron chi connectivity index (χ3n) is 6.02. The number of nitrogens with one attached hydrogen (secondary N) is 1. The van der Waals surface area contributed by atoms with Crippen LogP contribution in [-0.4, -0.2) is 23.6 Å². The first-order valence-electron chi connectivity index (χ1n) is 12.6. The van der Waals surface area contributed by atoms with Gasteiger partial charge in [-0.3, -0.25) is 14.4 Å². The van der Waals surface area contributed by atoms with Gasteiger partial charge < -0.3 is 5.32 Å². The highest BCUT2D eigenvalue weighted by molar-refractivity contribution is 6.51. The highest BCUT2D eigenvalue weighted by Crippen LogP contribution is 2.31. The number of Topliss-reactive ketones (excluding diaryl/α,β-unsaturated/α-hetero) is 2. The lowest BCUT2D eigenvalue weighted by Gasteiger charge is -2.09. The average Bonchev–Trinajstić information content (AvgIpc) is 3.31. The smallest absolute Gasteiger partial charge is 0.318 e. The maximum absolute atomic E-state index is 11.8. The van der Waals surface area contributed by atoms with Gasteiger partial charge in [-0.25, -0.2) is 0 Å². The van der Waals surface area contributed by atoms with Gasteiger partial charge in [0.2, 0.25) is 0 Å². The first-order chi connectivity index (χ1) is 19.8. The lowest BCUT2D eigenvalue weighted by atomic mass is 9.95. The predicted octanol–water partition coefficient (Wildman–Crippen LogP) is 8.27. The van der Waals surface area contributed by atoms with E-state index in [1.54, 1.807) is 30.3 Å². The van der Waals surface area contributed by atoms with Gasteiger partial charge in [-0.2, -0.15) is 13.2 Å². The van der Waals surface area contributed by atoms with E-state index in [9.17, 15) is 27.6 Å². The first-order valence-corrected chi connectivity index (χ1v) is 12.6. The van der Waals surface area contributed by atoms with E-state index in [-0.39, 0.29) is 5.56 Å². The Bertz CT molecular complexity index is 1580. The molecule has 0 aliphatic carbocycles. The van der Waals surface area contributed by atoms with Gasteiger partial charge >= 0.3 is 6.18 Å². The summed E-state index contributed by atoms with van der Waals surface area (Å²) in [6, 6.07) is 43.0. The quantitative estimate of drug-likeness (QED) is 0.181. The number of ketones is 2. The van der Waals surface area contributed by atoms with E-state index in [4.69, 9.17) is 0 Å². The zero-order chi connectivity index (χ0) is 29.2. The van der Waals surface area contributed by atoms with Gasteiger partial charge in [-0.05, 0) is 34.4 Å². The molecular formula is C34H24F3NO3. The summed E-state index contributed by atoms with van der Waals surface area (Å²) < 4.78 is 35.4. The fourth-order valence-corrected chi connectivity index (χ4v) is 4.07. The molecule has 5 aromatic rings. The summed E-state index contributed by atoms with van der Waals surface area (Å²) in [5.74, 6) is -2.78. The molecule has 41 heavy (non-hydrogen) atoms. The minimum Gasteiger partial charge on any atom is -0.318 e. The zero-order valence-corrected chi connectivity index (χ0v) is 21.6. The molecule has 204 valence electrons. The van der Waals surface area contributed by atoms with Crippen molar-refractivity contribution in [2.45, 2.75) is 6.18 Å². The second-order valence-electron chi connectivity index (χ2n) is 8.80. The van der Waals surface area contributed by atoms with Crippen LogP contribution in [0.2, 0.25) is 0 Å². The Balaban J connectivity index is 0.000000148. The van der Waals surface area contributed by atoms with Crippen LogP contribution in [0.5, 0.6) is 0 Å². The van der Waals surface area contributed by atoms with E-state index < -0.39 is 23.6 Å². The Morgan fingerprint density at radius 3 is 1.34 bits per heavy atom. The van der Waals surface area contributed by atoms with Gasteiger partial charge in [0.1, 0.15) is 0 Å². The van der Waals surface area contributed by atoms with Gasteiger partial charge in [0.15, 0.2) is 0 Å². The maximum Gasteiger partial charge on any atom is 0.454 e. The van der Waals surface area contributed by atoms with E-state index in [2.05, 4.69) is 90.2 Å². The Kier molecular flexibility index (Phi) is 9.22. The molecule has 1 N–H and O–H groups in total. The molecule has 1 aliphatic heterocycles. The highest BCUT2D eigenvalue weighted by atomic mass is 19.4. The molecule has 5 aromatic carbocycles. The van der Waals surface area contributed by atoms with Crippen molar-refractivity contribution in [1.82, 2.24) is 0 Å². The fraction of sp³-hybridized carbons (Fsp3) is 0.0294. The summed E-state index contributed by atoms with van der Waals surface area (Å²) in [6.07, 6.45) is -4.78. The van der Waals surface area contributed by atoms with E-state index in [0.29, 0.717) is 11.3 Å². The molecule has 1 amide bonds. The van der Waals surface area contributed by atoms with E-state index in [1.165, 1.54) is 34.4 Å². The van der Waals surface area contributed by atoms with Gasteiger partial charge in [-0.1, -0.05) is 127 Å². The molecule has 7 heteroatoms. The van der Waals surface area contributed by atoms with Crippen molar-refractivity contribution in [1.29, 1.82) is 0 Å². The molecule has 0 spiro atoms. The van der Waals surface area contributed by atoms with Crippen molar-refractivity contribution in [2.24, 2.45) is 0 Å². The maximum atomic E-state index is 11.8. The number of carbonyl (C=O) groups excluding carboxylic acids is 3. The number of halogens is 3. The Morgan fingerprint density at radius 1 is 0.512 bits per heavy atom. The van der Waals surface area contributed by atoms with E-state index >= 15 is 0 Å². The lowest BCUT2D eigenvalue weighted by Crippen LogP contribution is -2.22. The molecule has 0 unspecified atom stereocenters. The monoisotopic (exact) mass is 551 g/mol. The van der Waals surface area contributed by atoms with Crippen molar-refractivity contribution >= 4 is 23.2 Å². The molecule has 6 rings (SSSR count). The fourth-order valence-electron chi connectivity index (χ4n) is 4.07. The summed E-state index contributed by atoms with van der Waals surface area (Å²) in [5.41, 5.74) is 5.84. The number of benzene rings is 5. The number of amides is 1. The van der Waals surface area contributed by atoms with E-state index in [0.717, 1.165) is 12.1 Å². The van der Waals surface area contributed by atoms with Crippen molar-refractivity contribution in [3.8, 4) is 22.3 Å². The number of fused-ring (bicyclic) bond motifs is 1. The molecule has 0 saturated heterocycles. The number of para-hydroxylation sites is 1. The van der Waals surface area contributed by atoms with Crippen LogP contribution in [0, 0.1) is 0 Å². The lowest BCUT2D eigenvalue weighted by molar-refractivity contribution is -0.112. The second kappa shape index (κ2) is 13.2. The van der Waals surface area contributed by atoms with Gasteiger partial charge in [0.25, 0.3) is 17.5 Å². The molecule has 1 heterocycles. The zero-order valence-electron chi connectivity index (χ0n) is 21.6. The van der Waals surface area contributed by atoms with Crippen LogP contribution in [0.15, 0.2) is 140 Å². The number of hydrogen-bond donors (Lipinski definition) is 1. The summed E-state index contributed by atoms with van der Waals surface area (Å²) in [5, 5.41) is 2.46. The summed E-state index contributed by atoms with van der Waals surface area (Å²) in [6.45, 7) is 0. The molecule has 0 atom stereocenters. The third-order valence-corrected chi connectivity index (χ3v) is 6.02. The molecule has 0 radical (unpaired) electrons. The molecular weight excluding hydrogens is 527 g/mol. The minimum absolute atomic E-state index is 0.329. The van der Waals surface area contributed by atoms with Crippen LogP contribution in [0.25, 0.3) is 22.3 Å². The van der Waals surface area contributed by atoms with E-state index in [1.807, 2.05) is 0 Å². The Hall–Kier alpha value is -5.30. The van der Waals surface area contributed by atoms with Gasteiger partial charge in [-0.15, -0.1) is 0 Å². The summed E-state index contributed by atoms with van der Waals surface area (Å²) >= 11 is 0. The first kappa shape index (κ1) is 28.7. The second-order valence-corrected chi connectivity index (χ2v) is 8.80. The van der Waals surface area contributed by atoms with Crippen molar-refractivity contribution in [2.75, 3.05) is 5.32 Å². The molecule has 0 saturated carbocycles. The number of rotatable bonds is 3. The number of anilines is 1. The SMILES string of the molecule is O=C(c1ccccc1)C(F)(F)F.O=C1Nc2ccccc2C1=O.c1ccc(-c2ccccc2-c2ccccc2)cc1. The van der Waals surface area contributed by atoms with Gasteiger partial charge in [0, 0.05) is 5.56 Å². The molecule has 0 bridgehead atoms. The van der Waals surface area contributed by atoms with Crippen LogP contribution in [0.4, 0.5) is 18.9 Å². The Morgan fingerprint density at radius 2 is 0.902 bits per heavy atom. The van der Waals surface area contributed by atoms with Crippen molar-refractivity contribution in [3.05, 3.63) is 151 Å². The topological polar surface area (TPSA) is 63.2 Å². The summed E-state index contributed by atoms with van der Waals surface area (Å²) in [7, 11) is 0. The normalized spacial score (nSPS) is 11.7. The predicted molar refractivity (Wildman–Crippen MR) is 154 cm³/mol. The number of alkyl halides is 3. The van der Waals surface area contributed by atoms with Crippen LogP contribution < -0.4 is 5.32 Å². The highest BCUT2D eigenvalue weighted by Gasteiger charge is 2.38. The standard InChI is InChI=1S/C18H14.C8H5F3O.C8H5NO2/c1-3-9-15(10-4-1)17-13-7-8-14-18(17)16-11-5-2-6-12-16;9-8(10,11)7(12)6-4-2-1-3-5-6;10-7-5-3-1-2-4-6(5)9-8(7)11/h1-14H;1-5H;1-4H,(H,9,10,11). The molecule has 4 nitrogen and oxygen atoms in total. The average molecular weight is 552 g/mol. The number of carbonyl (C=O) groups is 3. The van der Waals surface area contributed by atoms with Gasteiger partial charge in [0.05, 0.1) is 11.3 Å². The molecule has 0 fully saturated rings. The van der Waals surface area contributed by atoms with Crippen molar-refractivity contribution < 1.29 is 27.6 Å². The molecule has 1 aliphatic rings. The Labute approximate surface area is 235 Å². The van der Waals surface area contributed by atoms with Crippen LogP contribution in [-0.2, 0) is 4.79 Å². The van der Waals surface area contributed by atoms with Crippen LogP contribution in [0.1, 0.15) is 20.7 Å². The third kappa shape index (κ3) is 7.42. The largest absolute Gasteiger partial charge is 0.454 e. The van der Waals surface area contributed by atoms with Crippen LogP contribution >= 0.6 is 0 Å². The number of hydrogen-bond acceptors (Lipinski definition) is 3. The molecule has 0 aromatic heterocycles.